The molecule has 0 spiro atoms. The lowest BCUT2D eigenvalue weighted by atomic mass is 9.90. The molecule has 0 aromatic heterocycles. The molecule has 2 N–H and O–H groups in total. The van der Waals surface area contributed by atoms with E-state index in [-0.39, 0.29) is 40.7 Å². The molecule has 1 fully saturated rings. The highest BCUT2D eigenvalue weighted by Crippen LogP contribution is 2.39. The minimum absolute atomic E-state index is 0.00533. The minimum Gasteiger partial charge on any atom is -0.463 e. The van der Waals surface area contributed by atoms with Crippen LogP contribution in [0, 0.1) is 23.3 Å². The predicted molar refractivity (Wildman–Crippen MR) is 149 cm³/mol. The number of esters is 1. The van der Waals surface area contributed by atoms with Crippen LogP contribution in [0.4, 0.5) is 17.6 Å². The Morgan fingerprint density at radius 3 is 2.31 bits per heavy atom. The lowest BCUT2D eigenvalue weighted by molar-refractivity contribution is -0.175. The van der Waals surface area contributed by atoms with Crippen LogP contribution < -0.4 is 5.32 Å². The van der Waals surface area contributed by atoms with Gasteiger partial charge in [0.2, 0.25) is 0 Å². The van der Waals surface area contributed by atoms with Gasteiger partial charge in [0.15, 0.2) is 0 Å². The zero-order valence-corrected chi connectivity index (χ0v) is 24.2. The predicted octanol–water partition coefficient (Wildman–Crippen LogP) is 4.51. The summed E-state index contributed by atoms with van der Waals surface area (Å²) in [4.78, 5) is 25.7. The molecule has 228 valence electrons. The summed E-state index contributed by atoms with van der Waals surface area (Å²) in [6, 6.07) is 2.56. The summed E-state index contributed by atoms with van der Waals surface area (Å²) in [5, 5.41) is 15.2. The number of piperazine rings is 1. The molecule has 0 aliphatic carbocycles. The first kappa shape index (κ1) is 31.9. The number of halogens is 5. The average molecular weight is 613 g/mol. The maximum absolute atomic E-state index is 15.1. The quantitative estimate of drug-likeness (QED) is 0.302. The molecule has 2 aromatic rings. The van der Waals surface area contributed by atoms with Gasteiger partial charge in [0, 0.05) is 54.6 Å². The molecule has 42 heavy (non-hydrogen) atoms. The summed E-state index contributed by atoms with van der Waals surface area (Å²) in [5.74, 6) is -5.32. The zero-order chi connectivity index (χ0) is 30.6. The van der Waals surface area contributed by atoms with E-state index in [9.17, 15) is 18.7 Å². The maximum Gasteiger partial charge on any atom is 0.338 e. The molecule has 0 saturated carbocycles. The number of benzene rings is 2. The van der Waals surface area contributed by atoms with Crippen LogP contribution in [0.3, 0.4) is 0 Å². The summed E-state index contributed by atoms with van der Waals surface area (Å²) in [5.41, 5.74) is -0.317. The van der Waals surface area contributed by atoms with Crippen LogP contribution in [0.2, 0.25) is 5.02 Å². The highest BCUT2D eigenvalue weighted by atomic mass is 35.5. The fraction of sp³-hybridized carbons (Fsp3) is 0.448. The van der Waals surface area contributed by atoms with E-state index in [0.29, 0.717) is 44.9 Å². The summed E-state index contributed by atoms with van der Waals surface area (Å²) in [7, 11) is 0. The third kappa shape index (κ3) is 7.12. The molecule has 4 rings (SSSR count). The summed E-state index contributed by atoms with van der Waals surface area (Å²) < 4.78 is 63.4. The van der Waals surface area contributed by atoms with E-state index >= 15 is 8.78 Å². The van der Waals surface area contributed by atoms with Gasteiger partial charge in [-0.25, -0.2) is 22.4 Å². The molecule has 13 heteroatoms. The third-order valence-electron chi connectivity index (χ3n) is 6.99. The third-order valence-corrected chi connectivity index (χ3v) is 7.32. The van der Waals surface area contributed by atoms with Gasteiger partial charge < -0.3 is 15.2 Å². The van der Waals surface area contributed by atoms with Gasteiger partial charge in [0.1, 0.15) is 35.1 Å². The van der Waals surface area contributed by atoms with Gasteiger partial charge >= 0.3 is 5.97 Å². The number of rotatable bonds is 10. The lowest BCUT2D eigenvalue weighted by Crippen LogP contribution is -2.54. The summed E-state index contributed by atoms with van der Waals surface area (Å²) in [6.45, 7) is 7.53. The van der Waals surface area contributed by atoms with Gasteiger partial charge in [-0.3, -0.25) is 14.7 Å². The number of aliphatic hydroxyl groups is 1. The zero-order valence-electron chi connectivity index (χ0n) is 23.5. The van der Waals surface area contributed by atoms with E-state index in [0.717, 1.165) is 12.1 Å². The van der Waals surface area contributed by atoms with Crippen molar-refractivity contribution < 1.29 is 37.0 Å². The van der Waals surface area contributed by atoms with Crippen LogP contribution in [-0.4, -0.2) is 78.4 Å². The van der Waals surface area contributed by atoms with Gasteiger partial charge in [-0.2, -0.15) is 5.06 Å². The van der Waals surface area contributed by atoms with Crippen molar-refractivity contribution in [1.29, 1.82) is 0 Å². The van der Waals surface area contributed by atoms with E-state index < -0.39 is 53.0 Å². The summed E-state index contributed by atoms with van der Waals surface area (Å²) in [6.07, 6.45) is -0.738. The number of nitrogens with one attached hydrogen (secondary N) is 1. The molecule has 3 unspecified atom stereocenters. The second kappa shape index (κ2) is 14.0. The Kier molecular flexibility index (Phi) is 10.6. The van der Waals surface area contributed by atoms with Crippen LogP contribution in [0.25, 0.3) is 0 Å². The van der Waals surface area contributed by atoms with E-state index in [1.807, 2.05) is 16.9 Å². The number of ether oxygens (including phenoxy) is 1. The number of carbonyl (C=O) groups is 1. The topological polar surface area (TPSA) is 86.6 Å². The van der Waals surface area contributed by atoms with Crippen molar-refractivity contribution in [1.82, 2.24) is 15.3 Å². The van der Waals surface area contributed by atoms with E-state index in [2.05, 4.69) is 10.3 Å². The number of carbonyl (C=O) groups excluding carboxylic acids is 1. The highest BCUT2D eigenvalue weighted by Gasteiger charge is 2.40. The van der Waals surface area contributed by atoms with Crippen molar-refractivity contribution in [3.63, 3.8) is 0 Å². The van der Waals surface area contributed by atoms with Gasteiger partial charge in [0.25, 0.3) is 0 Å². The molecule has 0 amide bonds. The smallest absolute Gasteiger partial charge is 0.338 e. The second-order valence-electron chi connectivity index (χ2n) is 9.95. The molecule has 2 aromatic carbocycles. The Morgan fingerprint density at radius 2 is 1.74 bits per heavy atom. The minimum atomic E-state index is -1.28. The second-order valence-corrected chi connectivity index (χ2v) is 10.4. The van der Waals surface area contributed by atoms with E-state index in [1.54, 1.807) is 13.8 Å². The first-order valence-electron chi connectivity index (χ1n) is 13.7. The number of amidine groups is 1. The van der Waals surface area contributed by atoms with E-state index in [4.69, 9.17) is 21.2 Å². The number of hydroxylamine groups is 2. The molecule has 1 saturated heterocycles. The Balaban J connectivity index is 1.93. The van der Waals surface area contributed by atoms with Crippen LogP contribution >= 0.6 is 11.6 Å². The molecule has 0 bridgehead atoms. The average Bonchev–Trinajstić information content (AvgIpc) is 2.91. The van der Waals surface area contributed by atoms with Crippen LogP contribution in [0.15, 0.2) is 46.6 Å². The molecular weight excluding hydrogens is 580 g/mol. The number of aliphatic hydroxyl groups excluding tert-OH is 1. The van der Waals surface area contributed by atoms with Crippen molar-refractivity contribution >= 4 is 23.4 Å². The van der Waals surface area contributed by atoms with Gasteiger partial charge in [-0.1, -0.05) is 17.7 Å². The standard InChI is InChI=1S/C29H33ClF4N4O4/c1-4-41-29(40)25-26(19-7-6-17(31)13-20(19)30)35-28(24-21(33)14-18(32)15-22(24)34)36-27(25)23(12-16(3)39)37-8-10-38(11-9-37)42-5-2/h6-7,13-16,23,26,39H,4-5,8-12H2,1-3H3,(H,35,36). The van der Waals surface area contributed by atoms with Crippen LogP contribution in [0.5, 0.6) is 0 Å². The van der Waals surface area contributed by atoms with Crippen molar-refractivity contribution in [3.8, 4) is 0 Å². The molecule has 3 atom stereocenters. The molecule has 8 nitrogen and oxygen atoms in total. The Bertz CT molecular complexity index is 1340. The van der Waals surface area contributed by atoms with Gasteiger partial charge in [-0.05, 0) is 39.3 Å². The Labute approximate surface area is 246 Å². The lowest BCUT2D eigenvalue weighted by Gasteiger charge is -2.42. The molecule has 2 aliphatic heterocycles. The van der Waals surface area contributed by atoms with Crippen molar-refractivity contribution in [2.45, 2.75) is 45.4 Å². The SMILES string of the molecule is CCOC(=O)C1=C(C(CC(C)O)N2CCN(OCC)CC2)NC(c2c(F)cc(F)cc2F)=NC1c1ccc(F)cc1Cl. The fourth-order valence-electron chi connectivity index (χ4n) is 5.20. The molecule has 0 radical (unpaired) electrons. The largest absolute Gasteiger partial charge is 0.463 e. The number of hydrogen-bond donors (Lipinski definition) is 2. The van der Waals surface area contributed by atoms with Crippen LogP contribution in [0.1, 0.15) is 44.4 Å². The number of nitrogens with zero attached hydrogens (tertiary/aromatic N) is 3. The molecule has 2 aliphatic rings. The van der Waals surface area contributed by atoms with Crippen molar-refractivity contribution in [2.75, 3.05) is 39.4 Å². The highest BCUT2D eigenvalue weighted by molar-refractivity contribution is 6.31. The Morgan fingerprint density at radius 1 is 1.07 bits per heavy atom. The number of hydrogen-bond acceptors (Lipinski definition) is 8. The maximum atomic E-state index is 15.1. The number of aliphatic imine (C=N–C) groups is 1. The molecule has 2 heterocycles. The van der Waals surface area contributed by atoms with Gasteiger partial charge in [-0.15, -0.1) is 0 Å². The summed E-state index contributed by atoms with van der Waals surface area (Å²) >= 11 is 6.42. The van der Waals surface area contributed by atoms with Crippen molar-refractivity contribution in [3.05, 3.63) is 81.0 Å². The molecular formula is C29H33ClF4N4O4. The monoisotopic (exact) mass is 612 g/mol. The Hall–Kier alpha value is -3.03. The first-order valence-corrected chi connectivity index (χ1v) is 14.1. The van der Waals surface area contributed by atoms with E-state index in [1.165, 1.54) is 6.07 Å². The fourth-order valence-corrected chi connectivity index (χ4v) is 5.48. The van der Waals surface area contributed by atoms with Crippen molar-refractivity contribution in [2.24, 2.45) is 4.99 Å². The normalized spacial score (nSPS) is 19.7. The van der Waals surface area contributed by atoms with Gasteiger partial charge in [0.05, 0.1) is 36.5 Å². The first-order chi connectivity index (χ1) is 20.0. The van der Waals surface area contributed by atoms with Crippen LogP contribution in [-0.2, 0) is 14.4 Å².